The predicted octanol–water partition coefficient (Wildman–Crippen LogP) is 2.29. The number of hydrogen-bond acceptors (Lipinski definition) is 2. The van der Waals surface area contributed by atoms with Gasteiger partial charge in [0.05, 0.1) is 0 Å². The Balaban J connectivity index is 2.82. The lowest BCUT2D eigenvalue weighted by atomic mass is 10.2. The standard InChI is InChI=1S/C9H10N2S/c1-2-7-6-11(12)9-8(7)4-3-5-10-9/h3-6,12H,2H2,1H3. The van der Waals surface area contributed by atoms with Crippen LogP contribution < -0.4 is 0 Å². The Morgan fingerprint density at radius 1 is 1.58 bits per heavy atom. The van der Waals surface area contributed by atoms with Crippen LogP contribution in [0.15, 0.2) is 24.5 Å². The van der Waals surface area contributed by atoms with E-state index in [0.717, 1.165) is 12.1 Å². The maximum absolute atomic E-state index is 4.28. The molecule has 0 aliphatic carbocycles. The Bertz CT molecular complexity index is 406. The van der Waals surface area contributed by atoms with E-state index in [9.17, 15) is 0 Å². The zero-order valence-electron chi connectivity index (χ0n) is 6.86. The summed E-state index contributed by atoms with van der Waals surface area (Å²) < 4.78 is 1.77. The minimum Gasteiger partial charge on any atom is -0.278 e. The summed E-state index contributed by atoms with van der Waals surface area (Å²) in [5.74, 6) is 0. The van der Waals surface area contributed by atoms with Gasteiger partial charge in [-0.15, -0.1) is 0 Å². The van der Waals surface area contributed by atoms with Crippen molar-refractivity contribution in [3.63, 3.8) is 0 Å². The van der Waals surface area contributed by atoms with E-state index in [-0.39, 0.29) is 0 Å². The summed E-state index contributed by atoms with van der Waals surface area (Å²) in [5.41, 5.74) is 2.24. The first-order valence-electron chi connectivity index (χ1n) is 3.97. The molecule has 0 saturated carbocycles. The fourth-order valence-corrected chi connectivity index (χ4v) is 1.69. The Hall–Kier alpha value is -0.960. The SMILES string of the molecule is CCc1cn(S)c2ncccc12. The lowest BCUT2D eigenvalue weighted by Crippen LogP contribution is -1.79. The third kappa shape index (κ3) is 1.01. The average Bonchev–Trinajstić information content (AvgIpc) is 2.44. The Kier molecular flexibility index (Phi) is 1.81. The number of thiol groups is 1. The van der Waals surface area contributed by atoms with E-state index in [2.05, 4.69) is 30.8 Å². The minimum absolute atomic E-state index is 0.942. The molecule has 3 heteroatoms. The van der Waals surface area contributed by atoms with Gasteiger partial charge in [-0.1, -0.05) is 19.7 Å². The molecule has 0 bridgehead atoms. The number of nitrogens with zero attached hydrogens (tertiary/aromatic N) is 2. The summed E-state index contributed by atoms with van der Waals surface area (Å²) in [6.07, 6.45) is 4.82. The van der Waals surface area contributed by atoms with Crippen LogP contribution in [0.1, 0.15) is 12.5 Å². The summed E-state index contributed by atoms with van der Waals surface area (Å²) >= 11 is 4.28. The highest BCUT2D eigenvalue weighted by Gasteiger charge is 2.04. The topological polar surface area (TPSA) is 17.8 Å². The third-order valence-electron chi connectivity index (χ3n) is 2.01. The lowest BCUT2D eigenvalue weighted by Gasteiger charge is -1.91. The van der Waals surface area contributed by atoms with E-state index in [1.807, 2.05) is 12.3 Å². The molecule has 0 atom stereocenters. The molecule has 2 aromatic heterocycles. The van der Waals surface area contributed by atoms with E-state index in [4.69, 9.17) is 0 Å². The van der Waals surface area contributed by atoms with Crippen LogP contribution in [0.4, 0.5) is 0 Å². The second-order valence-electron chi connectivity index (χ2n) is 2.73. The zero-order valence-corrected chi connectivity index (χ0v) is 7.75. The highest BCUT2D eigenvalue weighted by atomic mass is 32.1. The molecule has 2 heterocycles. The number of rotatable bonds is 1. The second kappa shape index (κ2) is 2.83. The maximum atomic E-state index is 4.28. The van der Waals surface area contributed by atoms with Crippen molar-refractivity contribution in [2.45, 2.75) is 13.3 Å². The molecule has 0 aromatic carbocycles. The molecule has 0 spiro atoms. The number of aryl methyl sites for hydroxylation is 1. The molecule has 0 unspecified atom stereocenters. The Labute approximate surface area is 76.8 Å². The molecule has 0 amide bonds. The molecule has 0 N–H and O–H groups in total. The van der Waals surface area contributed by atoms with Gasteiger partial charge in [0.2, 0.25) is 0 Å². The van der Waals surface area contributed by atoms with Crippen LogP contribution in [0.2, 0.25) is 0 Å². The summed E-state index contributed by atoms with van der Waals surface area (Å²) in [6.45, 7) is 2.13. The van der Waals surface area contributed by atoms with E-state index in [1.54, 1.807) is 10.2 Å². The molecular weight excluding hydrogens is 168 g/mol. The Morgan fingerprint density at radius 2 is 2.42 bits per heavy atom. The van der Waals surface area contributed by atoms with Crippen LogP contribution in [0.3, 0.4) is 0 Å². The molecule has 2 rings (SSSR count). The summed E-state index contributed by atoms with van der Waals surface area (Å²) in [6, 6.07) is 4.03. The van der Waals surface area contributed by atoms with Crippen LogP contribution in [0.25, 0.3) is 11.0 Å². The maximum Gasteiger partial charge on any atom is 0.149 e. The number of hydrogen-bond donors (Lipinski definition) is 1. The van der Waals surface area contributed by atoms with Crippen molar-refractivity contribution >= 4 is 23.8 Å². The number of fused-ring (bicyclic) bond motifs is 1. The van der Waals surface area contributed by atoms with E-state index >= 15 is 0 Å². The van der Waals surface area contributed by atoms with Crippen molar-refractivity contribution in [3.05, 3.63) is 30.1 Å². The summed E-state index contributed by atoms with van der Waals surface area (Å²) in [5, 5.41) is 1.20. The highest BCUT2D eigenvalue weighted by molar-refractivity contribution is 7.78. The molecule has 0 aliphatic rings. The normalized spacial score (nSPS) is 10.8. The van der Waals surface area contributed by atoms with Gasteiger partial charge in [-0.25, -0.2) is 4.98 Å². The monoisotopic (exact) mass is 178 g/mol. The van der Waals surface area contributed by atoms with E-state index in [1.165, 1.54) is 10.9 Å². The first-order valence-corrected chi connectivity index (χ1v) is 4.37. The van der Waals surface area contributed by atoms with Crippen LogP contribution >= 0.6 is 12.8 Å². The van der Waals surface area contributed by atoms with Crippen molar-refractivity contribution in [2.24, 2.45) is 0 Å². The van der Waals surface area contributed by atoms with Gasteiger partial charge in [0.25, 0.3) is 0 Å². The van der Waals surface area contributed by atoms with E-state index < -0.39 is 0 Å². The van der Waals surface area contributed by atoms with Crippen molar-refractivity contribution in [2.75, 3.05) is 0 Å². The van der Waals surface area contributed by atoms with Gasteiger partial charge in [-0.2, -0.15) is 0 Å². The first-order chi connectivity index (χ1) is 5.83. The van der Waals surface area contributed by atoms with Crippen molar-refractivity contribution in [1.29, 1.82) is 0 Å². The van der Waals surface area contributed by atoms with Crippen LogP contribution in [-0.2, 0) is 6.42 Å². The molecule has 62 valence electrons. The summed E-state index contributed by atoms with van der Waals surface area (Å²) in [4.78, 5) is 4.24. The van der Waals surface area contributed by atoms with Gasteiger partial charge in [0.1, 0.15) is 5.65 Å². The van der Waals surface area contributed by atoms with E-state index in [0.29, 0.717) is 0 Å². The molecule has 2 aromatic rings. The van der Waals surface area contributed by atoms with Crippen LogP contribution in [-0.4, -0.2) is 8.96 Å². The van der Waals surface area contributed by atoms with Crippen LogP contribution in [0, 0.1) is 0 Å². The predicted molar refractivity (Wildman–Crippen MR) is 53.5 cm³/mol. The quantitative estimate of drug-likeness (QED) is 0.663. The fraction of sp³-hybridized carbons (Fsp3) is 0.222. The largest absolute Gasteiger partial charge is 0.278 e. The van der Waals surface area contributed by atoms with Gasteiger partial charge >= 0.3 is 0 Å². The first kappa shape index (κ1) is 7.68. The Morgan fingerprint density at radius 3 is 3.17 bits per heavy atom. The van der Waals surface area contributed by atoms with Crippen molar-refractivity contribution in [1.82, 2.24) is 8.96 Å². The minimum atomic E-state index is 0.942. The average molecular weight is 178 g/mol. The molecule has 2 nitrogen and oxygen atoms in total. The molecule has 0 fully saturated rings. The molecule has 0 saturated heterocycles. The number of aromatic nitrogens is 2. The summed E-state index contributed by atoms with van der Waals surface area (Å²) in [7, 11) is 0. The van der Waals surface area contributed by atoms with Crippen molar-refractivity contribution in [3.8, 4) is 0 Å². The van der Waals surface area contributed by atoms with Gasteiger partial charge < -0.3 is 0 Å². The fourth-order valence-electron chi connectivity index (χ4n) is 1.39. The molecule has 0 radical (unpaired) electrons. The molecular formula is C9H10N2S. The smallest absolute Gasteiger partial charge is 0.149 e. The molecule has 0 aliphatic heterocycles. The van der Waals surface area contributed by atoms with Crippen molar-refractivity contribution < 1.29 is 0 Å². The van der Waals surface area contributed by atoms with Gasteiger partial charge in [-0.05, 0) is 24.1 Å². The lowest BCUT2D eigenvalue weighted by molar-refractivity contribution is 1.15. The van der Waals surface area contributed by atoms with Gasteiger partial charge in [-0.3, -0.25) is 3.97 Å². The highest BCUT2D eigenvalue weighted by Crippen LogP contribution is 2.19. The second-order valence-corrected chi connectivity index (χ2v) is 3.16. The van der Waals surface area contributed by atoms with Crippen LogP contribution in [0.5, 0.6) is 0 Å². The molecule has 12 heavy (non-hydrogen) atoms. The third-order valence-corrected chi connectivity index (χ3v) is 2.31. The number of pyridine rings is 1. The van der Waals surface area contributed by atoms with Gasteiger partial charge in [0.15, 0.2) is 0 Å². The zero-order chi connectivity index (χ0) is 8.55. The van der Waals surface area contributed by atoms with Gasteiger partial charge in [0, 0.05) is 17.8 Å².